The number of ether oxygens (including phenoxy) is 1. The molecule has 0 aromatic heterocycles. The number of benzene rings is 1. The fourth-order valence-corrected chi connectivity index (χ4v) is 5.36. The maximum absolute atomic E-state index is 13.6. The molecule has 2 saturated heterocycles. The molecule has 0 bridgehead atoms. The molecule has 1 aromatic rings. The highest BCUT2D eigenvalue weighted by Gasteiger charge is 2.32. The van der Waals surface area contributed by atoms with Crippen molar-refractivity contribution in [3.8, 4) is 0 Å². The van der Waals surface area contributed by atoms with Gasteiger partial charge in [-0.05, 0) is 44.9 Å². The average Bonchev–Trinajstić information content (AvgIpc) is 2.84. The number of rotatable bonds is 7. The van der Waals surface area contributed by atoms with Gasteiger partial charge in [0.2, 0.25) is 15.9 Å². The molecular weight excluding hydrogens is 444 g/mol. The van der Waals surface area contributed by atoms with Gasteiger partial charge in [0.05, 0.1) is 23.7 Å². The summed E-state index contributed by atoms with van der Waals surface area (Å²) in [4.78, 5) is 32.1. The Balaban J connectivity index is 1.85. The third-order valence-electron chi connectivity index (χ3n) is 6.54. The number of nitrogens with zero attached hydrogens (tertiary/aromatic N) is 4. The third-order valence-corrected chi connectivity index (χ3v) is 8.35. The summed E-state index contributed by atoms with van der Waals surface area (Å²) in [6.45, 7) is 8.67. The zero-order valence-electron chi connectivity index (χ0n) is 20.1. The first kappa shape index (κ1) is 25.5. The van der Waals surface area contributed by atoms with E-state index in [1.54, 1.807) is 17.0 Å². The molecule has 3 rings (SSSR count). The van der Waals surface area contributed by atoms with Gasteiger partial charge in [0.15, 0.2) is 0 Å². The highest BCUT2D eigenvalue weighted by molar-refractivity contribution is 7.89. The van der Waals surface area contributed by atoms with Crippen LogP contribution < -0.4 is 4.90 Å². The molecule has 33 heavy (non-hydrogen) atoms. The number of hydrogen-bond acceptors (Lipinski definition) is 6. The topological polar surface area (TPSA) is 90.5 Å². The van der Waals surface area contributed by atoms with Gasteiger partial charge in [-0.15, -0.1) is 0 Å². The van der Waals surface area contributed by atoms with Gasteiger partial charge in [-0.25, -0.2) is 12.7 Å². The second-order valence-electron chi connectivity index (χ2n) is 8.64. The number of hydrogen-bond donors (Lipinski definition) is 0. The van der Waals surface area contributed by atoms with Gasteiger partial charge < -0.3 is 19.4 Å². The van der Waals surface area contributed by atoms with Crippen molar-refractivity contribution in [1.29, 1.82) is 0 Å². The number of likely N-dealkylation sites (tertiary alicyclic amines) is 1. The second-order valence-corrected chi connectivity index (χ2v) is 10.8. The van der Waals surface area contributed by atoms with Crippen LogP contribution in [0.15, 0.2) is 23.1 Å². The number of piperidine rings is 1. The van der Waals surface area contributed by atoms with Crippen molar-refractivity contribution in [1.82, 2.24) is 14.1 Å². The van der Waals surface area contributed by atoms with E-state index < -0.39 is 10.0 Å². The summed E-state index contributed by atoms with van der Waals surface area (Å²) < 4.78 is 32.1. The van der Waals surface area contributed by atoms with Crippen LogP contribution in [-0.2, 0) is 19.6 Å². The van der Waals surface area contributed by atoms with Crippen molar-refractivity contribution < 1.29 is 22.7 Å². The Morgan fingerprint density at radius 3 is 2.18 bits per heavy atom. The van der Waals surface area contributed by atoms with E-state index in [0.29, 0.717) is 70.9 Å². The lowest BCUT2D eigenvalue weighted by molar-refractivity contribution is -0.136. The first-order valence-electron chi connectivity index (χ1n) is 11.7. The number of carbonyl (C=O) groups is 2. The van der Waals surface area contributed by atoms with Crippen LogP contribution in [0.4, 0.5) is 5.69 Å². The van der Waals surface area contributed by atoms with Gasteiger partial charge in [0.25, 0.3) is 5.91 Å². The Kier molecular flexibility index (Phi) is 8.36. The van der Waals surface area contributed by atoms with E-state index in [-0.39, 0.29) is 22.6 Å². The minimum Gasteiger partial charge on any atom is -0.378 e. The zero-order valence-corrected chi connectivity index (χ0v) is 20.9. The Morgan fingerprint density at radius 2 is 1.64 bits per heavy atom. The number of carbonyl (C=O) groups excluding carboxylic acids is 2. The summed E-state index contributed by atoms with van der Waals surface area (Å²) in [5.74, 6) is -0.116. The second kappa shape index (κ2) is 10.8. The highest BCUT2D eigenvalue weighted by atomic mass is 32.2. The summed E-state index contributed by atoms with van der Waals surface area (Å²) in [6, 6.07) is 4.78. The Labute approximate surface area is 197 Å². The van der Waals surface area contributed by atoms with Crippen molar-refractivity contribution in [2.75, 3.05) is 71.5 Å². The lowest BCUT2D eigenvalue weighted by Gasteiger charge is -2.35. The first-order valence-corrected chi connectivity index (χ1v) is 13.1. The number of anilines is 1. The maximum atomic E-state index is 13.6. The number of sulfonamides is 1. The van der Waals surface area contributed by atoms with Crippen molar-refractivity contribution in [3.05, 3.63) is 23.8 Å². The van der Waals surface area contributed by atoms with Crippen LogP contribution >= 0.6 is 0 Å². The van der Waals surface area contributed by atoms with E-state index >= 15 is 0 Å². The van der Waals surface area contributed by atoms with E-state index in [0.717, 1.165) is 9.99 Å². The monoisotopic (exact) mass is 480 g/mol. The van der Waals surface area contributed by atoms with Crippen LogP contribution in [-0.4, -0.2) is 101 Å². The van der Waals surface area contributed by atoms with Gasteiger partial charge in [0, 0.05) is 65.0 Å². The van der Waals surface area contributed by atoms with Crippen molar-refractivity contribution >= 4 is 27.5 Å². The van der Waals surface area contributed by atoms with Crippen LogP contribution in [0.3, 0.4) is 0 Å². The number of amides is 2. The molecule has 0 saturated carbocycles. The lowest BCUT2D eigenvalue weighted by atomic mass is 9.94. The van der Waals surface area contributed by atoms with Gasteiger partial charge in [-0.3, -0.25) is 9.59 Å². The average molecular weight is 481 g/mol. The molecule has 2 aliphatic heterocycles. The summed E-state index contributed by atoms with van der Waals surface area (Å²) in [5.41, 5.74) is 1.11. The molecule has 10 heteroatoms. The molecular formula is C23H36N4O5S. The molecule has 2 heterocycles. The molecule has 1 aromatic carbocycles. The van der Waals surface area contributed by atoms with Crippen LogP contribution in [0.2, 0.25) is 0 Å². The SMILES string of the molecule is CCN(CC)C(=O)C1CCN(C(=O)c2cc(S(=O)(=O)N(C)C)ccc2N2CCOCC2)CC1. The fraction of sp³-hybridized carbons (Fsp3) is 0.652. The smallest absolute Gasteiger partial charge is 0.256 e. The minimum absolute atomic E-state index is 0.0758. The molecule has 0 radical (unpaired) electrons. The molecule has 0 spiro atoms. The molecule has 2 aliphatic rings. The van der Waals surface area contributed by atoms with E-state index in [1.165, 1.54) is 20.2 Å². The Bertz CT molecular complexity index is 948. The molecule has 0 atom stereocenters. The quantitative estimate of drug-likeness (QED) is 0.587. The van der Waals surface area contributed by atoms with Gasteiger partial charge in [-0.1, -0.05) is 0 Å². The predicted octanol–water partition coefficient (Wildman–Crippen LogP) is 1.49. The Morgan fingerprint density at radius 1 is 1.03 bits per heavy atom. The lowest BCUT2D eigenvalue weighted by Crippen LogP contribution is -2.45. The van der Waals surface area contributed by atoms with E-state index in [9.17, 15) is 18.0 Å². The molecule has 184 valence electrons. The molecule has 2 fully saturated rings. The van der Waals surface area contributed by atoms with Crippen LogP contribution in [0.5, 0.6) is 0 Å². The fourth-order valence-electron chi connectivity index (χ4n) is 4.43. The normalized spacial score (nSPS) is 18.0. The van der Waals surface area contributed by atoms with Gasteiger partial charge >= 0.3 is 0 Å². The molecule has 0 aliphatic carbocycles. The van der Waals surface area contributed by atoms with Crippen molar-refractivity contribution in [2.45, 2.75) is 31.6 Å². The zero-order chi connectivity index (χ0) is 24.2. The summed E-state index contributed by atoms with van der Waals surface area (Å²) in [7, 11) is -0.724. The van der Waals surface area contributed by atoms with Crippen LogP contribution in [0, 0.1) is 5.92 Å². The molecule has 0 unspecified atom stereocenters. The van der Waals surface area contributed by atoms with Crippen LogP contribution in [0.1, 0.15) is 37.0 Å². The van der Waals surface area contributed by atoms with Crippen molar-refractivity contribution in [3.63, 3.8) is 0 Å². The van der Waals surface area contributed by atoms with E-state index in [4.69, 9.17) is 4.74 Å². The van der Waals surface area contributed by atoms with Crippen molar-refractivity contribution in [2.24, 2.45) is 5.92 Å². The van der Waals surface area contributed by atoms with Crippen LogP contribution in [0.25, 0.3) is 0 Å². The number of morpholine rings is 1. The third kappa shape index (κ3) is 5.50. The van der Waals surface area contributed by atoms with E-state index in [2.05, 4.69) is 4.90 Å². The summed E-state index contributed by atoms with van der Waals surface area (Å²) in [5, 5.41) is 0. The largest absolute Gasteiger partial charge is 0.378 e. The van der Waals surface area contributed by atoms with E-state index in [1.807, 2.05) is 18.7 Å². The minimum atomic E-state index is -3.68. The summed E-state index contributed by atoms with van der Waals surface area (Å²) >= 11 is 0. The van der Waals surface area contributed by atoms with Gasteiger partial charge in [-0.2, -0.15) is 0 Å². The highest BCUT2D eigenvalue weighted by Crippen LogP contribution is 2.29. The maximum Gasteiger partial charge on any atom is 0.256 e. The molecule has 2 amide bonds. The standard InChI is InChI=1S/C23H36N4O5S/c1-5-25(6-2)22(28)18-9-11-27(12-10-18)23(29)20-17-19(33(30,31)24(3)4)7-8-21(20)26-13-15-32-16-14-26/h7-8,17-18H,5-6,9-16H2,1-4H3. The Hall–Kier alpha value is -2.17. The molecule has 9 nitrogen and oxygen atoms in total. The first-order chi connectivity index (χ1) is 15.7. The molecule has 0 N–H and O–H groups in total. The van der Waals surface area contributed by atoms with Gasteiger partial charge in [0.1, 0.15) is 0 Å². The predicted molar refractivity (Wildman–Crippen MR) is 127 cm³/mol. The summed E-state index contributed by atoms with van der Waals surface area (Å²) in [6.07, 6.45) is 1.23.